The van der Waals surface area contributed by atoms with Crippen molar-refractivity contribution in [2.24, 2.45) is 0 Å². The van der Waals surface area contributed by atoms with Crippen LogP contribution in [0.15, 0.2) is 0 Å². The van der Waals surface area contributed by atoms with E-state index in [-0.39, 0.29) is 5.22 Å². The highest BCUT2D eigenvalue weighted by Gasteiger charge is 2.36. The van der Waals surface area contributed by atoms with Crippen LogP contribution in [0, 0.1) is 0 Å². The molecule has 1 fully saturated rings. The fourth-order valence-electron chi connectivity index (χ4n) is 1.87. The first-order valence-corrected chi connectivity index (χ1v) is 7.67. The maximum Gasteiger partial charge on any atom is 0.122 e. The largest absolute Gasteiger partial charge is 0.378 e. The molecule has 0 bridgehead atoms. The first-order chi connectivity index (χ1) is 5.71. The molecule has 1 rings (SSSR count). The average molecular weight is 186 g/mol. The van der Waals surface area contributed by atoms with E-state index in [1.807, 2.05) is 0 Å². The van der Waals surface area contributed by atoms with Gasteiger partial charge in [0.05, 0.1) is 14.0 Å². The van der Waals surface area contributed by atoms with E-state index in [1.165, 1.54) is 12.8 Å². The van der Waals surface area contributed by atoms with E-state index in [0.29, 0.717) is 6.42 Å². The van der Waals surface area contributed by atoms with Gasteiger partial charge >= 0.3 is 0 Å². The number of ether oxygens (including phenoxy) is 1. The Kier molecular flexibility index (Phi) is 3.47. The summed E-state index contributed by atoms with van der Waals surface area (Å²) >= 11 is 0. The van der Waals surface area contributed by atoms with Gasteiger partial charge < -0.3 is 9.53 Å². The highest BCUT2D eigenvalue weighted by molar-refractivity contribution is 6.59. The van der Waals surface area contributed by atoms with Crippen LogP contribution in [0.2, 0.25) is 13.1 Å². The molecule has 1 atom stereocenters. The molecule has 2 nitrogen and oxygen atoms in total. The molecule has 12 heavy (non-hydrogen) atoms. The third kappa shape index (κ3) is 1.96. The van der Waals surface area contributed by atoms with Crippen molar-refractivity contribution in [3.8, 4) is 0 Å². The third-order valence-corrected chi connectivity index (χ3v) is 5.66. The van der Waals surface area contributed by atoms with Crippen molar-refractivity contribution in [1.29, 1.82) is 0 Å². The van der Waals surface area contributed by atoms with Crippen molar-refractivity contribution in [2.75, 3.05) is 6.61 Å². The van der Waals surface area contributed by atoms with Gasteiger partial charge in [0.15, 0.2) is 0 Å². The lowest BCUT2D eigenvalue weighted by molar-refractivity contribution is -0.113. The molecular weight excluding hydrogens is 168 g/mol. The Morgan fingerprint density at radius 1 is 1.50 bits per heavy atom. The Balaban J connectivity index is 2.62. The second kappa shape index (κ2) is 4.19. The lowest BCUT2D eigenvalue weighted by atomic mass is 10.1. The molecular formula is C9H18O2Si. The average Bonchev–Trinajstić information content (AvgIpc) is 2.06. The van der Waals surface area contributed by atoms with Crippen LogP contribution in [-0.4, -0.2) is 26.9 Å². The van der Waals surface area contributed by atoms with Crippen molar-refractivity contribution in [2.45, 2.75) is 44.0 Å². The van der Waals surface area contributed by atoms with Gasteiger partial charge in [0, 0.05) is 13.0 Å². The van der Waals surface area contributed by atoms with Crippen LogP contribution >= 0.6 is 0 Å². The predicted molar refractivity (Wildman–Crippen MR) is 52.1 cm³/mol. The van der Waals surface area contributed by atoms with Crippen molar-refractivity contribution >= 4 is 15.1 Å². The van der Waals surface area contributed by atoms with Crippen LogP contribution in [-0.2, 0) is 9.53 Å². The Morgan fingerprint density at radius 2 is 2.25 bits per heavy atom. The molecule has 0 amide bonds. The molecule has 0 spiro atoms. The van der Waals surface area contributed by atoms with Gasteiger partial charge in [-0.2, -0.15) is 0 Å². The first-order valence-electron chi connectivity index (χ1n) is 4.79. The van der Waals surface area contributed by atoms with E-state index in [2.05, 4.69) is 13.1 Å². The number of carbonyl (C=O) groups is 1. The molecule has 0 aromatic carbocycles. The van der Waals surface area contributed by atoms with Crippen LogP contribution < -0.4 is 0 Å². The summed E-state index contributed by atoms with van der Waals surface area (Å²) in [5.41, 5.74) is 0. The van der Waals surface area contributed by atoms with E-state index in [9.17, 15) is 4.79 Å². The summed E-state index contributed by atoms with van der Waals surface area (Å²) in [6, 6.07) is 0. The van der Waals surface area contributed by atoms with E-state index >= 15 is 0 Å². The highest BCUT2D eigenvalue weighted by atomic mass is 28.3. The highest BCUT2D eigenvalue weighted by Crippen LogP contribution is 2.29. The molecule has 0 aliphatic carbocycles. The number of hydrogen-bond donors (Lipinski definition) is 0. The number of hydrogen-bond acceptors (Lipinski definition) is 2. The van der Waals surface area contributed by atoms with Crippen LogP contribution in [0.25, 0.3) is 0 Å². The fraction of sp³-hybridized carbons (Fsp3) is 0.889. The van der Waals surface area contributed by atoms with Gasteiger partial charge in [-0.3, -0.25) is 0 Å². The molecule has 1 unspecified atom stereocenters. The summed E-state index contributed by atoms with van der Waals surface area (Å²) in [6.07, 6.45) is 5.16. The maximum atomic E-state index is 10.5. The van der Waals surface area contributed by atoms with Gasteiger partial charge in [-0.05, 0) is 19.3 Å². The van der Waals surface area contributed by atoms with Gasteiger partial charge in [0.25, 0.3) is 0 Å². The fourth-order valence-corrected chi connectivity index (χ4v) is 3.67. The summed E-state index contributed by atoms with van der Waals surface area (Å²) < 4.78 is 5.80. The normalized spacial score (nSPS) is 30.6. The maximum absolute atomic E-state index is 10.5. The Hall–Kier alpha value is -0.153. The van der Waals surface area contributed by atoms with E-state index in [0.717, 1.165) is 19.3 Å². The molecule has 0 saturated carbocycles. The van der Waals surface area contributed by atoms with Gasteiger partial charge in [0.2, 0.25) is 0 Å². The summed E-state index contributed by atoms with van der Waals surface area (Å²) in [5.74, 6) is 0. The number of aldehydes is 1. The van der Waals surface area contributed by atoms with Crippen LogP contribution in [0.1, 0.15) is 25.7 Å². The zero-order valence-corrected chi connectivity index (χ0v) is 9.16. The van der Waals surface area contributed by atoms with E-state index in [1.54, 1.807) is 0 Å². The van der Waals surface area contributed by atoms with E-state index in [4.69, 9.17) is 4.74 Å². The topological polar surface area (TPSA) is 26.3 Å². The van der Waals surface area contributed by atoms with Crippen LogP contribution in [0.5, 0.6) is 0 Å². The molecule has 0 radical (unpaired) electrons. The zero-order chi connectivity index (χ0) is 9.03. The lowest BCUT2D eigenvalue weighted by Gasteiger charge is -2.39. The monoisotopic (exact) mass is 186 g/mol. The summed E-state index contributed by atoms with van der Waals surface area (Å²) in [5, 5.41) is 0. The molecule has 1 aliphatic rings. The van der Waals surface area contributed by atoms with Crippen LogP contribution in [0.4, 0.5) is 0 Å². The summed E-state index contributed by atoms with van der Waals surface area (Å²) in [4.78, 5) is 10.5. The first kappa shape index (κ1) is 9.93. The second-order valence-electron chi connectivity index (χ2n) is 3.90. The smallest absolute Gasteiger partial charge is 0.122 e. The lowest BCUT2D eigenvalue weighted by Crippen LogP contribution is -2.47. The SMILES string of the molecule is C[SiH](C)C1(CC=O)CCCCO1. The predicted octanol–water partition coefficient (Wildman–Crippen LogP) is 1.54. The van der Waals surface area contributed by atoms with Crippen molar-refractivity contribution < 1.29 is 9.53 Å². The molecule has 1 saturated heterocycles. The Labute approximate surface area is 75.9 Å². The quantitative estimate of drug-likeness (QED) is 0.494. The van der Waals surface area contributed by atoms with Crippen molar-refractivity contribution in [1.82, 2.24) is 0 Å². The van der Waals surface area contributed by atoms with Gasteiger partial charge in [-0.1, -0.05) is 13.1 Å². The number of rotatable bonds is 3. The molecule has 0 aromatic heterocycles. The van der Waals surface area contributed by atoms with Crippen molar-refractivity contribution in [3.05, 3.63) is 0 Å². The molecule has 1 heterocycles. The Bertz CT molecular complexity index is 151. The van der Waals surface area contributed by atoms with Gasteiger partial charge in [0.1, 0.15) is 6.29 Å². The molecule has 0 N–H and O–H groups in total. The minimum absolute atomic E-state index is 0. The standard InChI is InChI=1S/C9H18O2Si/c1-12(2)9(6-7-10)5-3-4-8-11-9/h7,12H,3-6,8H2,1-2H3. The summed E-state index contributed by atoms with van der Waals surface area (Å²) in [7, 11) is -0.859. The van der Waals surface area contributed by atoms with Gasteiger partial charge in [-0.15, -0.1) is 0 Å². The minimum atomic E-state index is -0.859. The molecule has 3 heteroatoms. The zero-order valence-electron chi connectivity index (χ0n) is 8.01. The third-order valence-electron chi connectivity index (χ3n) is 2.86. The van der Waals surface area contributed by atoms with E-state index < -0.39 is 8.80 Å². The van der Waals surface area contributed by atoms with Gasteiger partial charge in [-0.25, -0.2) is 0 Å². The minimum Gasteiger partial charge on any atom is -0.378 e. The molecule has 1 aliphatic heterocycles. The van der Waals surface area contributed by atoms with Crippen molar-refractivity contribution in [3.63, 3.8) is 0 Å². The summed E-state index contributed by atoms with van der Waals surface area (Å²) in [6.45, 7) is 5.41. The number of carbonyl (C=O) groups excluding carboxylic acids is 1. The molecule has 70 valence electrons. The second-order valence-corrected chi connectivity index (χ2v) is 7.26. The van der Waals surface area contributed by atoms with Crippen LogP contribution in [0.3, 0.4) is 0 Å². The Morgan fingerprint density at radius 3 is 2.67 bits per heavy atom. The molecule has 0 aromatic rings.